The molecular formula is C29H34N4O2. The maximum absolute atomic E-state index is 12.8. The molecule has 2 aromatic heterocycles. The number of aryl methyl sites for hydroxylation is 5. The molecule has 0 bridgehead atoms. The van der Waals surface area contributed by atoms with Crippen LogP contribution in [0.4, 0.5) is 5.69 Å². The number of nitrogens with zero attached hydrogens (tertiary/aromatic N) is 3. The molecule has 0 saturated carbocycles. The fourth-order valence-electron chi connectivity index (χ4n) is 4.61. The van der Waals surface area contributed by atoms with Gasteiger partial charge in [-0.3, -0.25) is 0 Å². The first-order valence-electron chi connectivity index (χ1n) is 12.2. The van der Waals surface area contributed by atoms with Crippen LogP contribution in [-0.2, 0) is 22.5 Å². The van der Waals surface area contributed by atoms with E-state index in [1.165, 1.54) is 0 Å². The Morgan fingerprint density at radius 3 is 2.43 bits per heavy atom. The summed E-state index contributed by atoms with van der Waals surface area (Å²) in [6.45, 7) is 13.2. The molecule has 0 aliphatic carbocycles. The predicted octanol–water partition coefficient (Wildman–Crippen LogP) is 5.99. The van der Waals surface area contributed by atoms with Gasteiger partial charge in [-0.25, -0.2) is 14.8 Å². The Bertz CT molecular complexity index is 1370. The number of esters is 1. The normalized spacial score (nSPS) is 12.1. The first kappa shape index (κ1) is 24.5. The highest BCUT2D eigenvalue weighted by Crippen LogP contribution is 2.28. The molecular weight excluding hydrogens is 436 g/mol. The molecule has 0 amide bonds. The number of carbonyl (C=O) groups excluding carboxylic acids is 1. The third kappa shape index (κ3) is 5.06. The minimum Gasteiger partial charge on any atom is -0.464 e. The number of hydrogen-bond donors (Lipinski definition) is 1. The van der Waals surface area contributed by atoms with Gasteiger partial charge < -0.3 is 14.6 Å². The second-order valence-electron chi connectivity index (χ2n) is 9.06. The van der Waals surface area contributed by atoms with Gasteiger partial charge in [0, 0.05) is 17.8 Å². The van der Waals surface area contributed by atoms with Gasteiger partial charge in [-0.15, -0.1) is 0 Å². The fraction of sp³-hybridized carbons (Fsp3) is 0.345. The van der Waals surface area contributed by atoms with Gasteiger partial charge in [-0.2, -0.15) is 0 Å². The van der Waals surface area contributed by atoms with Gasteiger partial charge in [-0.05, 0) is 74.6 Å². The highest BCUT2D eigenvalue weighted by atomic mass is 16.5. The average molecular weight is 471 g/mol. The summed E-state index contributed by atoms with van der Waals surface area (Å²) in [5.41, 5.74) is 9.15. The Balaban J connectivity index is 1.65. The van der Waals surface area contributed by atoms with E-state index in [0.717, 1.165) is 62.6 Å². The maximum Gasteiger partial charge on any atom is 0.333 e. The van der Waals surface area contributed by atoms with Crippen molar-refractivity contribution in [3.05, 3.63) is 87.9 Å². The van der Waals surface area contributed by atoms with Gasteiger partial charge in [0.15, 0.2) is 11.7 Å². The Morgan fingerprint density at radius 2 is 1.74 bits per heavy atom. The van der Waals surface area contributed by atoms with Gasteiger partial charge in [-0.1, -0.05) is 43.3 Å². The van der Waals surface area contributed by atoms with E-state index in [1.54, 1.807) is 0 Å². The molecule has 35 heavy (non-hydrogen) atoms. The number of benzene rings is 2. The van der Waals surface area contributed by atoms with Crippen molar-refractivity contribution >= 4 is 22.8 Å². The highest BCUT2D eigenvalue weighted by molar-refractivity contribution is 5.82. The number of pyridine rings is 1. The first-order valence-corrected chi connectivity index (χ1v) is 12.2. The summed E-state index contributed by atoms with van der Waals surface area (Å²) >= 11 is 0. The smallest absolute Gasteiger partial charge is 0.333 e. The molecule has 0 fully saturated rings. The molecule has 1 unspecified atom stereocenters. The van der Waals surface area contributed by atoms with Crippen LogP contribution in [0.2, 0.25) is 0 Å². The van der Waals surface area contributed by atoms with Crippen LogP contribution in [0.25, 0.3) is 11.2 Å². The molecule has 4 rings (SSSR count). The van der Waals surface area contributed by atoms with Gasteiger partial charge >= 0.3 is 5.97 Å². The number of rotatable bonds is 8. The van der Waals surface area contributed by atoms with Crippen LogP contribution in [0.1, 0.15) is 59.2 Å². The molecule has 2 heterocycles. The van der Waals surface area contributed by atoms with Crippen LogP contribution in [-0.4, -0.2) is 27.1 Å². The molecule has 0 aliphatic rings. The first-order chi connectivity index (χ1) is 16.8. The van der Waals surface area contributed by atoms with Crippen LogP contribution in [0.3, 0.4) is 0 Å². The number of anilines is 1. The van der Waals surface area contributed by atoms with Crippen LogP contribution >= 0.6 is 0 Å². The van der Waals surface area contributed by atoms with Crippen molar-refractivity contribution in [1.82, 2.24) is 14.5 Å². The van der Waals surface area contributed by atoms with Crippen LogP contribution in [0.5, 0.6) is 0 Å². The van der Waals surface area contributed by atoms with E-state index < -0.39 is 6.04 Å². The lowest BCUT2D eigenvalue weighted by atomic mass is 10.00. The third-order valence-electron chi connectivity index (χ3n) is 6.37. The highest BCUT2D eigenvalue weighted by Gasteiger charge is 2.24. The third-order valence-corrected chi connectivity index (χ3v) is 6.37. The number of hydrogen-bond acceptors (Lipinski definition) is 5. The maximum atomic E-state index is 12.8. The minimum absolute atomic E-state index is 0.278. The Kier molecular flexibility index (Phi) is 7.20. The average Bonchev–Trinajstić information content (AvgIpc) is 3.17. The summed E-state index contributed by atoms with van der Waals surface area (Å²) in [4.78, 5) is 22.5. The van der Waals surface area contributed by atoms with Crippen molar-refractivity contribution < 1.29 is 9.53 Å². The van der Waals surface area contributed by atoms with Gasteiger partial charge in [0.1, 0.15) is 11.3 Å². The summed E-state index contributed by atoms with van der Waals surface area (Å²) in [5, 5.41) is 3.44. The Labute approximate surface area is 207 Å². The van der Waals surface area contributed by atoms with Crippen LogP contribution in [0, 0.1) is 27.7 Å². The minimum atomic E-state index is -0.569. The Morgan fingerprint density at radius 1 is 0.971 bits per heavy atom. The zero-order valence-corrected chi connectivity index (χ0v) is 21.5. The number of carbonyl (C=O) groups is 1. The molecule has 6 nitrogen and oxygen atoms in total. The summed E-state index contributed by atoms with van der Waals surface area (Å²) in [7, 11) is 0. The lowest BCUT2D eigenvalue weighted by Gasteiger charge is -2.22. The van der Waals surface area contributed by atoms with E-state index in [9.17, 15) is 4.79 Å². The number of fused-ring (bicyclic) bond motifs is 1. The lowest BCUT2D eigenvalue weighted by molar-refractivity contribution is -0.144. The van der Waals surface area contributed by atoms with E-state index >= 15 is 0 Å². The SMILES string of the molecule is CCOC(=O)C(Nc1ccc(Cn2c(CC)nc3c(C)cc(C)nc32)cc1C)c1ccccc1C. The molecule has 182 valence electrons. The molecule has 2 aromatic carbocycles. The van der Waals surface area contributed by atoms with E-state index in [0.29, 0.717) is 13.2 Å². The summed E-state index contributed by atoms with van der Waals surface area (Å²) in [6, 6.07) is 15.7. The number of aromatic nitrogens is 3. The molecule has 1 N–H and O–H groups in total. The van der Waals surface area contributed by atoms with Crippen molar-refractivity contribution in [2.75, 3.05) is 11.9 Å². The van der Waals surface area contributed by atoms with E-state index in [2.05, 4.69) is 48.9 Å². The number of nitrogens with one attached hydrogen (secondary N) is 1. The molecule has 0 aliphatic heterocycles. The molecule has 4 aromatic rings. The number of imidazole rings is 1. The Hall–Kier alpha value is -3.67. The van der Waals surface area contributed by atoms with Crippen molar-refractivity contribution in [3.8, 4) is 0 Å². The molecule has 1 atom stereocenters. The summed E-state index contributed by atoms with van der Waals surface area (Å²) < 4.78 is 7.60. The van der Waals surface area contributed by atoms with Crippen molar-refractivity contribution in [3.63, 3.8) is 0 Å². The quantitative estimate of drug-likeness (QED) is 0.320. The van der Waals surface area contributed by atoms with E-state index in [-0.39, 0.29) is 5.97 Å². The zero-order chi connectivity index (χ0) is 25.1. The fourth-order valence-corrected chi connectivity index (χ4v) is 4.61. The van der Waals surface area contributed by atoms with E-state index in [1.807, 2.05) is 51.1 Å². The topological polar surface area (TPSA) is 69.0 Å². The van der Waals surface area contributed by atoms with E-state index in [4.69, 9.17) is 14.7 Å². The van der Waals surface area contributed by atoms with Crippen molar-refractivity contribution in [2.45, 2.75) is 60.5 Å². The van der Waals surface area contributed by atoms with Crippen molar-refractivity contribution in [2.24, 2.45) is 0 Å². The molecule has 6 heteroatoms. The van der Waals surface area contributed by atoms with Crippen molar-refractivity contribution in [1.29, 1.82) is 0 Å². The van der Waals surface area contributed by atoms with Gasteiger partial charge in [0.25, 0.3) is 0 Å². The summed E-state index contributed by atoms with van der Waals surface area (Å²) in [6.07, 6.45) is 0.838. The second kappa shape index (κ2) is 10.3. The molecule has 0 saturated heterocycles. The standard InChI is InChI=1S/C29H34N4O2/c1-7-25-32-26-20(5)15-21(6)30-28(26)33(25)17-22-13-14-24(19(4)16-22)31-27(29(34)35-8-2)23-12-10-9-11-18(23)3/h9-16,27,31H,7-8,17H2,1-6H3. The predicted molar refractivity (Wildman–Crippen MR) is 141 cm³/mol. The monoisotopic (exact) mass is 470 g/mol. The van der Waals surface area contributed by atoms with Gasteiger partial charge in [0.2, 0.25) is 0 Å². The van der Waals surface area contributed by atoms with Crippen LogP contribution < -0.4 is 5.32 Å². The molecule has 0 radical (unpaired) electrons. The zero-order valence-electron chi connectivity index (χ0n) is 21.5. The van der Waals surface area contributed by atoms with Crippen LogP contribution in [0.15, 0.2) is 48.5 Å². The van der Waals surface area contributed by atoms with Gasteiger partial charge in [0.05, 0.1) is 13.2 Å². The largest absolute Gasteiger partial charge is 0.464 e. The lowest BCUT2D eigenvalue weighted by Crippen LogP contribution is -2.24. The molecule has 0 spiro atoms. The number of ether oxygens (including phenoxy) is 1. The second-order valence-corrected chi connectivity index (χ2v) is 9.06. The summed E-state index contributed by atoms with van der Waals surface area (Å²) in [5.74, 6) is 0.752.